The van der Waals surface area contributed by atoms with Crippen molar-refractivity contribution >= 4 is 23.5 Å². The molecule has 0 saturated carbocycles. The highest BCUT2D eigenvalue weighted by Gasteiger charge is 2.24. The van der Waals surface area contributed by atoms with Crippen molar-refractivity contribution in [2.75, 3.05) is 26.2 Å². The Morgan fingerprint density at radius 2 is 1.80 bits per heavy atom. The van der Waals surface area contributed by atoms with E-state index in [1.54, 1.807) is 28.4 Å². The topological polar surface area (TPSA) is 65.8 Å². The van der Waals surface area contributed by atoms with Gasteiger partial charge < -0.3 is 19.5 Å². The summed E-state index contributed by atoms with van der Waals surface area (Å²) in [6, 6.07) is 9.05. The zero-order valence-electron chi connectivity index (χ0n) is 13.8. The molecule has 2 heterocycles. The minimum absolute atomic E-state index is 0.0338. The van der Waals surface area contributed by atoms with Crippen LogP contribution in [0.3, 0.4) is 0 Å². The Morgan fingerprint density at radius 1 is 1.08 bits per heavy atom. The molecule has 1 saturated heterocycles. The lowest BCUT2D eigenvalue weighted by Gasteiger charge is -2.34. The molecular formula is C18H20ClN3O3. The summed E-state index contributed by atoms with van der Waals surface area (Å²) in [7, 11) is 0. The summed E-state index contributed by atoms with van der Waals surface area (Å²) in [5, 5.41) is 3.46. The maximum Gasteiger partial charge on any atom is 0.317 e. The Balaban J connectivity index is 1.45. The number of halogens is 1. The van der Waals surface area contributed by atoms with Crippen LogP contribution in [0.25, 0.3) is 0 Å². The fourth-order valence-corrected chi connectivity index (χ4v) is 2.96. The quantitative estimate of drug-likeness (QED) is 0.910. The highest BCUT2D eigenvalue weighted by atomic mass is 35.5. The van der Waals surface area contributed by atoms with Crippen molar-refractivity contribution in [3.8, 4) is 0 Å². The first-order valence-electron chi connectivity index (χ1n) is 8.18. The molecule has 0 radical (unpaired) electrons. The number of piperazine rings is 1. The smallest absolute Gasteiger partial charge is 0.317 e. The van der Waals surface area contributed by atoms with Crippen LogP contribution in [0.2, 0.25) is 5.02 Å². The predicted molar refractivity (Wildman–Crippen MR) is 94.3 cm³/mol. The molecule has 1 aliphatic rings. The molecule has 0 atom stereocenters. The molecule has 25 heavy (non-hydrogen) atoms. The maximum absolute atomic E-state index is 12.4. The molecule has 3 rings (SSSR count). The average molecular weight is 362 g/mol. The van der Waals surface area contributed by atoms with E-state index in [0.717, 1.165) is 11.1 Å². The number of nitrogens with zero attached hydrogens (tertiary/aromatic N) is 2. The summed E-state index contributed by atoms with van der Waals surface area (Å²) in [4.78, 5) is 28.1. The van der Waals surface area contributed by atoms with Crippen molar-refractivity contribution < 1.29 is 14.0 Å². The summed E-state index contributed by atoms with van der Waals surface area (Å²) >= 11 is 6.11. The molecule has 3 amide bonds. The van der Waals surface area contributed by atoms with Gasteiger partial charge in [-0.1, -0.05) is 29.8 Å². The number of furan rings is 1. The van der Waals surface area contributed by atoms with Gasteiger partial charge in [-0.2, -0.15) is 0 Å². The number of carbonyl (C=O) groups is 2. The summed E-state index contributed by atoms with van der Waals surface area (Å²) in [5.74, 6) is 0.0338. The van der Waals surface area contributed by atoms with Gasteiger partial charge in [0.15, 0.2) is 0 Å². The standard InChI is InChI=1S/C18H20ClN3O3/c19-16-4-2-1-3-15(16)11-17(23)21-6-8-22(9-7-21)18(24)20-12-14-5-10-25-13-14/h1-5,10,13H,6-9,11-12H2,(H,20,24). The number of rotatable bonds is 4. The number of carbonyl (C=O) groups excluding carboxylic acids is 2. The molecule has 132 valence electrons. The van der Waals surface area contributed by atoms with Crippen LogP contribution in [0, 0.1) is 0 Å². The first kappa shape index (κ1) is 17.4. The van der Waals surface area contributed by atoms with Crippen LogP contribution in [0.1, 0.15) is 11.1 Å². The van der Waals surface area contributed by atoms with Crippen molar-refractivity contribution in [3.63, 3.8) is 0 Å². The van der Waals surface area contributed by atoms with E-state index in [4.69, 9.17) is 16.0 Å². The fraction of sp³-hybridized carbons (Fsp3) is 0.333. The van der Waals surface area contributed by atoms with Crippen molar-refractivity contribution in [3.05, 3.63) is 59.0 Å². The van der Waals surface area contributed by atoms with Crippen LogP contribution < -0.4 is 5.32 Å². The van der Waals surface area contributed by atoms with Crippen molar-refractivity contribution in [2.24, 2.45) is 0 Å². The third-order valence-corrected chi connectivity index (χ3v) is 4.61. The van der Waals surface area contributed by atoms with Crippen LogP contribution in [0.15, 0.2) is 47.3 Å². The lowest BCUT2D eigenvalue weighted by molar-refractivity contribution is -0.131. The zero-order valence-corrected chi connectivity index (χ0v) is 14.5. The van der Waals surface area contributed by atoms with E-state index in [2.05, 4.69) is 5.32 Å². The van der Waals surface area contributed by atoms with E-state index >= 15 is 0 Å². The van der Waals surface area contributed by atoms with E-state index in [9.17, 15) is 9.59 Å². The Bertz CT molecular complexity index is 725. The largest absolute Gasteiger partial charge is 0.472 e. The number of urea groups is 1. The maximum atomic E-state index is 12.4. The molecule has 1 aliphatic heterocycles. The van der Waals surface area contributed by atoms with Crippen molar-refractivity contribution in [1.29, 1.82) is 0 Å². The number of benzene rings is 1. The van der Waals surface area contributed by atoms with E-state index < -0.39 is 0 Å². The third-order valence-electron chi connectivity index (χ3n) is 4.24. The van der Waals surface area contributed by atoms with E-state index in [1.807, 2.05) is 24.3 Å². The molecule has 0 aliphatic carbocycles. The molecule has 0 spiro atoms. The molecule has 6 nitrogen and oxygen atoms in total. The Morgan fingerprint density at radius 3 is 2.48 bits per heavy atom. The fourth-order valence-electron chi connectivity index (χ4n) is 2.76. The van der Waals surface area contributed by atoms with Crippen LogP contribution in [0.4, 0.5) is 4.79 Å². The van der Waals surface area contributed by atoms with Gasteiger partial charge >= 0.3 is 6.03 Å². The summed E-state index contributed by atoms with van der Waals surface area (Å²) in [6.07, 6.45) is 3.46. The van der Waals surface area contributed by atoms with Gasteiger partial charge in [0.2, 0.25) is 5.91 Å². The van der Waals surface area contributed by atoms with Gasteiger partial charge in [0.25, 0.3) is 0 Å². The van der Waals surface area contributed by atoms with Crippen molar-refractivity contribution in [1.82, 2.24) is 15.1 Å². The number of hydrogen-bond donors (Lipinski definition) is 1. The third kappa shape index (κ3) is 4.54. The first-order valence-corrected chi connectivity index (χ1v) is 8.56. The predicted octanol–water partition coefficient (Wildman–Crippen LogP) is 2.53. The second kappa shape index (κ2) is 8.07. The van der Waals surface area contributed by atoms with Gasteiger partial charge in [0.05, 0.1) is 18.9 Å². The number of nitrogens with one attached hydrogen (secondary N) is 1. The lowest BCUT2D eigenvalue weighted by Crippen LogP contribution is -2.53. The molecule has 0 bridgehead atoms. The Hall–Kier alpha value is -2.47. The minimum Gasteiger partial charge on any atom is -0.472 e. The molecule has 2 aromatic rings. The van der Waals surface area contributed by atoms with Crippen LogP contribution in [-0.2, 0) is 17.8 Å². The average Bonchev–Trinajstić information content (AvgIpc) is 3.15. The highest BCUT2D eigenvalue weighted by molar-refractivity contribution is 6.31. The summed E-state index contributed by atoms with van der Waals surface area (Å²) in [5.41, 5.74) is 1.75. The molecule has 1 N–H and O–H groups in total. The normalized spacial score (nSPS) is 14.4. The monoisotopic (exact) mass is 361 g/mol. The molecular weight excluding hydrogens is 342 g/mol. The van der Waals surface area contributed by atoms with E-state index in [1.165, 1.54) is 0 Å². The summed E-state index contributed by atoms with van der Waals surface area (Å²) < 4.78 is 4.97. The van der Waals surface area contributed by atoms with E-state index in [-0.39, 0.29) is 18.4 Å². The molecule has 1 aromatic heterocycles. The molecule has 1 aromatic carbocycles. The van der Waals surface area contributed by atoms with Crippen LogP contribution in [-0.4, -0.2) is 47.9 Å². The number of amides is 3. The van der Waals surface area contributed by atoms with Gasteiger partial charge in [-0.25, -0.2) is 4.79 Å². The van der Waals surface area contributed by atoms with Gasteiger partial charge in [-0.05, 0) is 17.7 Å². The minimum atomic E-state index is -0.126. The second-order valence-electron chi connectivity index (χ2n) is 5.93. The Kier molecular flexibility index (Phi) is 5.60. The second-order valence-corrected chi connectivity index (χ2v) is 6.33. The van der Waals surface area contributed by atoms with Gasteiger partial charge in [-0.15, -0.1) is 0 Å². The first-order chi connectivity index (χ1) is 12.1. The van der Waals surface area contributed by atoms with E-state index in [0.29, 0.717) is 37.7 Å². The zero-order chi connectivity index (χ0) is 17.6. The van der Waals surface area contributed by atoms with Crippen LogP contribution in [0.5, 0.6) is 0 Å². The molecule has 0 unspecified atom stereocenters. The van der Waals surface area contributed by atoms with Gasteiger partial charge in [0.1, 0.15) is 0 Å². The highest BCUT2D eigenvalue weighted by Crippen LogP contribution is 2.16. The van der Waals surface area contributed by atoms with Gasteiger partial charge in [0, 0.05) is 43.3 Å². The van der Waals surface area contributed by atoms with Gasteiger partial charge in [-0.3, -0.25) is 4.79 Å². The van der Waals surface area contributed by atoms with Crippen molar-refractivity contribution in [2.45, 2.75) is 13.0 Å². The Labute approximate surface area is 151 Å². The van der Waals surface area contributed by atoms with Crippen LogP contribution >= 0.6 is 11.6 Å². The SMILES string of the molecule is O=C(Cc1ccccc1Cl)N1CCN(C(=O)NCc2ccoc2)CC1. The molecule has 1 fully saturated rings. The summed E-state index contributed by atoms with van der Waals surface area (Å²) in [6.45, 7) is 2.53. The number of hydrogen-bond acceptors (Lipinski definition) is 3. The lowest BCUT2D eigenvalue weighted by atomic mass is 10.1. The molecule has 7 heteroatoms.